The standard InChI is InChI=1S/C19H17F3N2/c1-12(2)18-16(19(20,21)22)10-13(11-24-18)9-14-5-3-7-17-15(14)6-4-8-23-17/h3-8,10-12H,9H2,1-2H3. The summed E-state index contributed by atoms with van der Waals surface area (Å²) in [5.41, 5.74) is 1.76. The van der Waals surface area contributed by atoms with Gasteiger partial charge in [0.1, 0.15) is 0 Å². The van der Waals surface area contributed by atoms with Gasteiger partial charge in [-0.2, -0.15) is 13.2 Å². The predicted octanol–water partition coefficient (Wildman–Crippen LogP) is 5.36. The molecule has 0 unspecified atom stereocenters. The molecular formula is C19H17F3N2. The maximum absolute atomic E-state index is 13.3. The first-order valence-electron chi connectivity index (χ1n) is 7.75. The number of benzene rings is 1. The maximum Gasteiger partial charge on any atom is 0.418 e. The van der Waals surface area contributed by atoms with E-state index in [2.05, 4.69) is 9.97 Å². The molecule has 0 saturated heterocycles. The van der Waals surface area contributed by atoms with Gasteiger partial charge in [0.15, 0.2) is 0 Å². The normalized spacial score (nSPS) is 12.1. The Morgan fingerprint density at radius 2 is 1.83 bits per heavy atom. The fourth-order valence-corrected chi connectivity index (χ4v) is 2.84. The van der Waals surface area contributed by atoms with Crippen molar-refractivity contribution in [2.75, 3.05) is 0 Å². The minimum Gasteiger partial charge on any atom is -0.260 e. The average Bonchev–Trinajstić information content (AvgIpc) is 2.54. The van der Waals surface area contributed by atoms with Crippen LogP contribution in [0.15, 0.2) is 48.8 Å². The van der Waals surface area contributed by atoms with Gasteiger partial charge in [0.05, 0.1) is 16.8 Å². The summed E-state index contributed by atoms with van der Waals surface area (Å²) in [6, 6.07) is 10.6. The van der Waals surface area contributed by atoms with Crippen LogP contribution in [-0.2, 0) is 12.6 Å². The predicted molar refractivity (Wildman–Crippen MR) is 87.9 cm³/mol. The number of pyridine rings is 2. The quantitative estimate of drug-likeness (QED) is 0.646. The third-order valence-corrected chi connectivity index (χ3v) is 3.96. The van der Waals surface area contributed by atoms with E-state index in [9.17, 15) is 13.2 Å². The lowest BCUT2D eigenvalue weighted by Gasteiger charge is -2.16. The van der Waals surface area contributed by atoms with Crippen LogP contribution < -0.4 is 0 Å². The Kier molecular flexibility index (Phi) is 4.26. The topological polar surface area (TPSA) is 25.8 Å². The molecule has 1 aromatic carbocycles. The molecule has 0 atom stereocenters. The first kappa shape index (κ1) is 16.4. The minimum absolute atomic E-state index is 0.0887. The van der Waals surface area contributed by atoms with E-state index in [-0.39, 0.29) is 11.6 Å². The van der Waals surface area contributed by atoms with Crippen LogP contribution in [0.25, 0.3) is 10.9 Å². The Morgan fingerprint density at radius 3 is 2.54 bits per heavy atom. The molecule has 124 valence electrons. The second-order valence-electron chi connectivity index (χ2n) is 6.09. The van der Waals surface area contributed by atoms with Gasteiger partial charge >= 0.3 is 6.18 Å². The van der Waals surface area contributed by atoms with Crippen LogP contribution in [-0.4, -0.2) is 9.97 Å². The van der Waals surface area contributed by atoms with Crippen molar-refractivity contribution >= 4 is 10.9 Å². The number of aromatic nitrogens is 2. The number of fused-ring (bicyclic) bond motifs is 1. The second kappa shape index (κ2) is 6.23. The largest absolute Gasteiger partial charge is 0.418 e. The fourth-order valence-electron chi connectivity index (χ4n) is 2.84. The fraction of sp³-hybridized carbons (Fsp3) is 0.263. The van der Waals surface area contributed by atoms with Gasteiger partial charge in [0.2, 0.25) is 0 Å². The molecule has 0 saturated carbocycles. The molecule has 0 aliphatic carbocycles. The molecular weight excluding hydrogens is 313 g/mol. The van der Waals surface area contributed by atoms with Crippen LogP contribution >= 0.6 is 0 Å². The molecule has 2 aromatic heterocycles. The van der Waals surface area contributed by atoms with Gasteiger partial charge in [-0.25, -0.2) is 0 Å². The summed E-state index contributed by atoms with van der Waals surface area (Å²) < 4.78 is 40.0. The molecule has 24 heavy (non-hydrogen) atoms. The molecule has 2 nitrogen and oxygen atoms in total. The first-order valence-corrected chi connectivity index (χ1v) is 7.75. The summed E-state index contributed by atoms with van der Waals surface area (Å²) in [7, 11) is 0. The van der Waals surface area contributed by atoms with Crippen LogP contribution in [0.3, 0.4) is 0 Å². The Balaban J connectivity index is 2.04. The van der Waals surface area contributed by atoms with Crippen molar-refractivity contribution in [2.45, 2.75) is 32.4 Å². The number of halogens is 3. The number of rotatable bonds is 3. The van der Waals surface area contributed by atoms with Gasteiger partial charge in [-0.3, -0.25) is 9.97 Å². The van der Waals surface area contributed by atoms with E-state index in [0.717, 1.165) is 16.5 Å². The van der Waals surface area contributed by atoms with Gasteiger partial charge in [-0.1, -0.05) is 32.0 Å². The summed E-state index contributed by atoms with van der Waals surface area (Å²) in [5, 5.41) is 0.946. The van der Waals surface area contributed by atoms with Crippen molar-refractivity contribution in [3.05, 3.63) is 71.2 Å². The van der Waals surface area contributed by atoms with Crippen LogP contribution in [0.5, 0.6) is 0 Å². The van der Waals surface area contributed by atoms with Gasteiger partial charge in [0.25, 0.3) is 0 Å². The van der Waals surface area contributed by atoms with Crippen molar-refractivity contribution in [2.24, 2.45) is 0 Å². The van der Waals surface area contributed by atoms with Gasteiger partial charge in [-0.05, 0) is 41.7 Å². The van der Waals surface area contributed by atoms with Crippen LogP contribution in [0.1, 0.15) is 42.1 Å². The molecule has 0 bridgehead atoms. The zero-order chi connectivity index (χ0) is 17.3. The highest BCUT2D eigenvalue weighted by Crippen LogP contribution is 2.35. The van der Waals surface area contributed by atoms with Gasteiger partial charge < -0.3 is 0 Å². The smallest absolute Gasteiger partial charge is 0.260 e. The molecule has 0 N–H and O–H groups in total. The zero-order valence-electron chi connectivity index (χ0n) is 13.4. The molecule has 0 aliphatic heterocycles. The van der Waals surface area contributed by atoms with Crippen LogP contribution in [0, 0.1) is 0 Å². The lowest BCUT2D eigenvalue weighted by Crippen LogP contribution is -2.13. The number of alkyl halides is 3. The van der Waals surface area contributed by atoms with E-state index in [4.69, 9.17) is 0 Å². The average molecular weight is 330 g/mol. The monoisotopic (exact) mass is 330 g/mol. The molecule has 0 radical (unpaired) electrons. The van der Waals surface area contributed by atoms with E-state index in [0.29, 0.717) is 12.0 Å². The van der Waals surface area contributed by atoms with Gasteiger partial charge in [0, 0.05) is 17.8 Å². The molecule has 5 heteroatoms. The molecule has 3 aromatic rings. The molecule has 0 aliphatic rings. The lowest BCUT2D eigenvalue weighted by atomic mass is 9.97. The van der Waals surface area contributed by atoms with E-state index >= 15 is 0 Å². The highest BCUT2D eigenvalue weighted by molar-refractivity contribution is 5.82. The Hall–Kier alpha value is -2.43. The molecule has 0 fully saturated rings. The molecule has 3 rings (SSSR count). The van der Waals surface area contributed by atoms with Gasteiger partial charge in [-0.15, -0.1) is 0 Å². The van der Waals surface area contributed by atoms with E-state index < -0.39 is 11.7 Å². The van der Waals surface area contributed by atoms with Crippen molar-refractivity contribution < 1.29 is 13.2 Å². The SMILES string of the molecule is CC(C)c1ncc(Cc2cccc3ncccc23)cc1C(F)(F)F. The van der Waals surface area contributed by atoms with E-state index in [1.165, 1.54) is 6.07 Å². The number of hydrogen-bond acceptors (Lipinski definition) is 2. The van der Waals surface area contributed by atoms with Crippen molar-refractivity contribution in [1.29, 1.82) is 0 Å². The summed E-state index contributed by atoms with van der Waals surface area (Å²) >= 11 is 0. The molecule has 0 spiro atoms. The Morgan fingerprint density at radius 1 is 1.04 bits per heavy atom. The van der Waals surface area contributed by atoms with Crippen LogP contribution in [0.2, 0.25) is 0 Å². The number of nitrogens with zero attached hydrogens (tertiary/aromatic N) is 2. The van der Waals surface area contributed by atoms with Crippen molar-refractivity contribution in [3.63, 3.8) is 0 Å². The van der Waals surface area contributed by atoms with Crippen LogP contribution in [0.4, 0.5) is 13.2 Å². The minimum atomic E-state index is -4.40. The summed E-state index contributed by atoms with van der Waals surface area (Å²) in [6.07, 6.45) is -0.771. The highest BCUT2D eigenvalue weighted by atomic mass is 19.4. The Labute approximate surface area is 138 Å². The molecule has 0 amide bonds. The summed E-state index contributed by atoms with van der Waals surface area (Å²) in [6.45, 7) is 3.43. The highest BCUT2D eigenvalue weighted by Gasteiger charge is 2.35. The third-order valence-electron chi connectivity index (χ3n) is 3.96. The Bertz CT molecular complexity index is 865. The maximum atomic E-state index is 13.3. The zero-order valence-corrected chi connectivity index (χ0v) is 13.4. The van der Waals surface area contributed by atoms with Crippen molar-refractivity contribution in [1.82, 2.24) is 9.97 Å². The van der Waals surface area contributed by atoms with E-state index in [1.807, 2.05) is 30.3 Å². The second-order valence-corrected chi connectivity index (χ2v) is 6.09. The number of hydrogen-bond donors (Lipinski definition) is 0. The first-order chi connectivity index (χ1) is 11.4. The summed E-state index contributed by atoms with van der Waals surface area (Å²) in [4.78, 5) is 8.37. The third kappa shape index (κ3) is 3.25. The van der Waals surface area contributed by atoms with Crippen molar-refractivity contribution in [3.8, 4) is 0 Å². The van der Waals surface area contributed by atoms with E-state index in [1.54, 1.807) is 26.2 Å². The molecule has 2 heterocycles. The summed E-state index contributed by atoms with van der Waals surface area (Å²) in [5.74, 6) is -0.280. The lowest BCUT2D eigenvalue weighted by molar-refractivity contribution is -0.138.